The van der Waals surface area contributed by atoms with Gasteiger partial charge in [0.05, 0.1) is 10.6 Å². The summed E-state index contributed by atoms with van der Waals surface area (Å²) in [6, 6.07) is 6.80. The molecule has 0 aliphatic heterocycles. The maximum absolute atomic E-state index is 13.4. The van der Waals surface area contributed by atoms with Gasteiger partial charge in [-0.05, 0) is 54.2 Å². The lowest BCUT2D eigenvalue weighted by Crippen LogP contribution is -2.44. The summed E-state index contributed by atoms with van der Waals surface area (Å²) in [6.07, 6.45) is 0.451. The number of nitrogen functional groups attached to an aromatic ring is 1. The summed E-state index contributed by atoms with van der Waals surface area (Å²) < 4.78 is 39.9. The molecule has 0 spiro atoms. The van der Waals surface area contributed by atoms with Crippen LogP contribution in [0.15, 0.2) is 30.3 Å². The third-order valence-corrected chi connectivity index (χ3v) is 5.89. The molecule has 1 amide bonds. The number of rotatable bonds is 5. The van der Waals surface area contributed by atoms with E-state index in [1.807, 2.05) is 0 Å². The minimum atomic E-state index is -2.67. The Kier molecular flexibility index (Phi) is 4.89. The van der Waals surface area contributed by atoms with Crippen molar-refractivity contribution in [2.75, 3.05) is 16.4 Å². The van der Waals surface area contributed by atoms with Gasteiger partial charge >= 0.3 is 0 Å². The van der Waals surface area contributed by atoms with Crippen molar-refractivity contribution in [3.8, 4) is 0 Å². The Hall–Kier alpha value is -2.41. The van der Waals surface area contributed by atoms with Gasteiger partial charge in [-0.15, -0.1) is 0 Å². The molecule has 2 saturated carbocycles. The first-order chi connectivity index (χ1) is 13.6. The zero-order valence-corrected chi connectivity index (χ0v) is 16.5. The smallest absolute Gasteiger partial charge is 0.257 e. The van der Waals surface area contributed by atoms with Crippen molar-refractivity contribution in [3.05, 3.63) is 52.3 Å². The minimum Gasteiger partial charge on any atom is -0.398 e. The second kappa shape index (κ2) is 7.13. The molecule has 0 bridgehead atoms. The van der Waals surface area contributed by atoms with E-state index in [2.05, 4.69) is 17.6 Å². The van der Waals surface area contributed by atoms with Crippen molar-refractivity contribution in [1.29, 1.82) is 0 Å². The van der Waals surface area contributed by atoms with E-state index in [0.29, 0.717) is 28.9 Å². The molecule has 29 heavy (non-hydrogen) atoms. The van der Waals surface area contributed by atoms with Crippen molar-refractivity contribution in [2.24, 2.45) is 5.92 Å². The molecule has 2 atom stereocenters. The molecule has 2 unspecified atom stereocenters. The Morgan fingerprint density at radius 3 is 2.52 bits per heavy atom. The van der Waals surface area contributed by atoms with Crippen LogP contribution in [0.2, 0.25) is 5.02 Å². The predicted molar refractivity (Wildman–Crippen MR) is 108 cm³/mol. The van der Waals surface area contributed by atoms with Crippen LogP contribution in [0.1, 0.15) is 48.0 Å². The van der Waals surface area contributed by atoms with Crippen LogP contribution in [-0.4, -0.2) is 17.9 Å². The molecule has 0 radical (unpaired) electrons. The molecule has 0 heterocycles. The summed E-state index contributed by atoms with van der Waals surface area (Å²) in [5.41, 5.74) is 8.64. The topological polar surface area (TPSA) is 67.2 Å². The molecule has 154 valence electrons. The van der Waals surface area contributed by atoms with Crippen LogP contribution in [0.4, 0.5) is 30.2 Å². The quantitative estimate of drug-likeness (QED) is 0.544. The molecule has 4 nitrogen and oxygen atoms in total. The number of halogens is 4. The molecule has 0 saturated heterocycles. The van der Waals surface area contributed by atoms with Crippen LogP contribution in [0.5, 0.6) is 0 Å². The number of nitrogens with one attached hydrogen (secondary N) is 2. The van der Waals surface area contributed by atoms with Gasteiger partial charge in [0.15, 0.2) is 0 Å². The van der Waals surface area contributed by atoms with Crippen LogP contribution < -0.4 is 16.4 Å². The van der Waals surface area contributed by atoms with Crippen molar-refractivity contribution in [2.45, 2.75) is 44.1 Å². The molecule has 4 rings (SSSR count). The molecule has 2 aromatic carbocycles. The second-order valence-corrected chi connectivity index (χ2v) is 8.44. The third-order valence-electron chi connectivity index (χ3n) is 5.60. The maximum Gasteiger partial charge on any atom is 0.257 e. The van der Waals surface area contributed by atoms with E-state index in [-0.39, 0.29) is 23.4 Å². The Balaban J connectivity index is 1.62. The Morgan fingerprint density at radius 2 is 1.93 bits per heavy atom. The Labute approximate surface area is 171 Å². The summed E-state index contributed by atoms with van der Waals surface area (Å²) in [5.74, 6) is -2.94. The van der Waals surface area contributed by atoms with Crippen molar-refractivity contribution in [3.63, 3.8) is 0 Å². The lowest BCUT2D eigenvalue weighted by molar-refractivity contribution is -0.0793. The van der Waals surface area contributed by atoms with Gasteiger partial charge < -0.3 is 16.4 Å². The number of alkyl halides is 2. The second-order valence-electron chi connectivity index (χ2n) is 8.03. The zero-order valence-electron chi connectivity index (χ0n) is 15.7. The molecule has 2 fully saturated rings. The van der Waals surface area contributed by atoms with Crippen LogP contribution in [0, 0.1) is 11.7 Å². The van der Waals surface area contributed by atoms with Gasteiger partial charge in [-0.2, -0.15) is 0 Å². The van der Waals surface area contributed by atoms with Gasteiger partial charge in [0.2, 0.25) is 0 Å². The first-order valence-corrected chi connectivity index (χ1v) is 9.85. The first kappa shape index (κ1) is 19.9. The number of hydrogen-bond donors (Lipinski definition) is 3. The van der Waals surface area contributed by atoms with Crippen LogP contribution >= 0.6 is 11.6 Å². The van der Waals surface area contributed by atoms with E-state index >= 15 is 0 Å². The molecular formula is C21H21ClF3N3O. The van der Waals surface area contributed by atoms with Gasteiger partial charge in [0.1, 0.15) is 5.82 Å². The van der Waals surface area contributed by atoms with Crippen molar-refractivity contribution in [1.82, 2.24) is 0 Å². The number of carbonyl (C=O) groups is 1. The first-order valence-electron chi connectivity index (χ1n) is 9.47. The number of benzene rings is 2. The summed E-state index contributed by atoms with van der Waals surface area (Å²) in [4.78, 5) is 12.9. The SMILES string of the molecule is CC1CC1c1cc(NC2CC(F)(F)C2)c(C(=O)Nc2ccc(F)c(Cl)c2)cc1N. The maximum atomic E-state index is 13.4. The molecule has 2 aromatic rings. The monoisotopic (exact) mass is 423 g/mol. The summed E-state index contributed by atoms with van der Waals surface area (Å²) >= 11 is 5.77. The number of nitrogens with two attached hydrogens (primary N) is 1. The Bertz CT molecular complexity index is 974. The fraction of sp³-hybridized carbons (Fsp3) is 0.381. The minimum absolute atomic E-state index is 0.115. The van der Waals surface area contributed by atoms with Crippen molar-refractivity contribution >= 4 is 34.6 Å². The number of hydrogen-bond acceptors (Lipinski definition) is 3. The largest absolute Gasteiger partial charge is 0.398 e. The molecule has 0 aromatic heterocycles. The van der Waals surface area contributed by atoms with E-state index in [1.165, 1.54) is 12.1 Å². The lowest BCUT2D eigenvalue weighted by Gasteiger charge is -2.36. The van der Waals surface area contributed by atoms with Crippen LogP contribution in [0.3, 0.4) is 0 Å². The molecule has 4 N–H and O–H groups in total. The lowest BCUT2D eigenvalue weighted by atomic mass is 9.87. The van der Waals surface area contributed by atoms with Crippen molar-refractivity contribution < 1.29 is 18.0 Å². The van der Waals surface area contributed by atoms with Crippen LogP contribution in [0.25, 0.3) is 0 Å². The van der Waals surface area contributed by atoms with E-state index in [0.717, 1.165) is 18.1 Å². The molecular weight excluding hydrogens is 403 g/mol. The van der Waals surface area contributed by atoms with Gasteiger partial charge in [0.25, 0.3) is 11.8 Å². The average molecular weight is 424 g/mol. The summed E-state index contributed by atoms with van der Waals surface area (Å²) in [7, 11) is 0. The molecule has 2 aliphatic carbocycles. The zero-order chi connectivity index (χ0) is 20.9. The van der Waals surface area contributed by atoms with E-state index in [9.17, 15) is 18.0 Å². The highest BCUT2D eigenvalue weighted by molar-refractivity contribution is 6.31. The number of anilines is 3. The van der Waals surface area contributed by atoms with Gasteiger partial charge in [0, 0.05) is 35.9 Å². The molecule has 2 aliphatic rings. The fourth-order valence-corrected chi connectivity index (χ4v) is 3.95. The van der Waals surface area contributed by atoms with Gasteiger partial charge in [-0.25, -0.2) is 13.2 Å². The van der Waals surface area contributed by atoms with Gasteiger partial charge in [-0.1, -0.05) is 18.5 Å². The highest BCUT2D eigenvalue weighted by Crippen LogP contribution is 2.50. The highest BCUT2D eigenvalue weighted by Gasteiger charge is 2.45. The van der Waals surface area contributed by atoms with Gasteiger partial charge in [-0.3, -0.25) is 4.79 Å². The normalized spacial score (nSPS) is 22.7. The Morgan fingerprint density at radius 1 is 1.24 bits per heavy atom. The summed E-state index contributed by atoms with van der Waals surface area (Å²) in [6.45, 7) is 2.11. The van der Waals surface area contributed by atoms with E-state index < -0.39 is 23.7 Å². The van der Waals surface area contributed by atoms with E-state index in [4.69, 9.17) is 17.3 Å². The standard InChI is InChI=1S/C21H21ClF3N3O/c1-10-4-13(10)14-7-19(27-12-8-21(24,25)9-12)15(6-18(14)26)20(29)28-11-2-3-17(23)16(22)5-11/h2-3,5-7,10,12-13,27H,4,8-9,26H2,1H3,(H,28,29). The molecule has 8 heteroatoms. The number of amides is 1. The van der Waals surface area contributed by atoms with E-state index in [1.54, 1.807) is 12.1 Å². The predicted octanol–water partition coefficient (Wildman–Crippen LogP) is 5.65. The number of carbonyl (C=O) groups excluding carboxylic acids is 1. The average Bonchev–Trinajstić information content (AvgIpc) is 3.34. The third kappa shape index (κ3) is 4.15. The highest BCUT2D eigenvalue weighted by atomic mass is 35.5. The van der Waals surface area contributed by atoms with Crippen LogP contribution in [-0.2, 0) is 0 Å². The fourth-order valence-electron chi connectivity index (χ4n) is 3.77. The summed E-state index contributed by atoms with van der Waals surface area (Å²) in [5, 5.41) is 5.62.